The zero-order chi connectivity index (χ0) is 23.7. The lowest BCUT2D eigenvalue weighted by atomic mass is 10.0. The number of aromatic nitrogens is 3. The zero-order valence-corrected chi connectivity index (χ0v) is 20.4. The van der Waals surface area contributed by atoms with Gasteiger partial charge in [-0.2, -0.15) is 5.10 Å². The second-order valence-corrected chi connectivity index (χ2v) is 9.48. The normalized spacial score (nSPS) is 15.0. The summed E-state index contributed by atoms with van der Waals surface area (Å²) in [6.07, 6.45) is 3.51. The van der Waals surface area contributed by atoms with Crippen LogP contribution in [0.15, 0.2) is 60.8 Å². The molecule has 1 fully saturated rings. The van der Waals surface area contributed by atoms with E-state index >= 15 is 0 Å². The number of amides is 1. The number of nitrogens with one attached hydrogen (secondary N) is 1. The van der Waals surface area contributed by atoms with E-state index in [9.17, 15) is 4.79 Å². The Kier molecular flexibility index (Phi) is 6.55. The second-order valence-electron chi connectivity index (χ2n) is 8.67. The molecular formula is C26H25Cl2N5O. The molecule has 1 N–H and O–H groups in total. The molecule has 4 aromatic rings. The number of halogens is 2. The van der Waals surface area contributed by atoms with Gasteiger partial charge < -0.3 is 5.32 Å². The first-order valence-corrected chi connectivity index (χ1v) is 12.1. The van der Waals surface area contributed by atoms with E-state index < -0.39 is 0 Å². The van der Waals surface area contributed by atoms with Crippen molar-refractivity contribution in [2.45, 2.75) is 32.4 Å². The van der Waals surface area contributed by atoms with Crippen molar-refractivity contribution >= 4 is 45.8 Å². The topological polar surface area (TPSA) is 63.1 Å². The minimum atomic E-state index is -0.317. The highest BCUT2D eigenvalue weighted by molar-refractivity contribution is 6.39. The lowest BCUT2D eigenvalue weighted by Crippen LogP contribution is -2.34. The molecular weight excluding hydrogens is 469 g/mol. The number of anilines is 1. The van der Waals surface area contributed by atoms with Crippen LogP contribution in [0.25, 0.3) is 11.0 Å². The Hall–Kier alpha value is -2.93. The fourth-order valence-corrected chi connectivity index (χ4v) is 5.02. The van der Waals surface area contributed by atoms with Gasteiger partial charge >= 0.3 is 0 Å². The molecule has 0 spiro atoms. The molecule has 0 unspecified atom stereocenters. The fourth-order valence-electron chi connectivity index (χ4n) is 4.54. The molecule has 0 atom stereocenters. The number of hydrogen-bond donors (Lipinski definition) is 1. The van der Waals surface area contributed by atoms with E-state index in [0.29, 0.717) is 21.3 Å². The maximum absolute atomic E-state index is 12.9. The predicted molar refractivity (Wildman–Crippen MR) is 137 cm³/mol. The van der Waals surface area contributed by atoms with Crippen molar-refractivity contribution in [3.8, 4) is 0 Å². The van der Waals surface area contributed by atoms with Gasteiger partial charge in [0, 0.05) is 36.5 Å². The molecule has 1 aliphatic rings. The molecule has 2 aromatic heterocycles. The molecule has 1 aliphatic heterocycles. The van der Waals surface area contributed by atoms with Crippen molar-refractivity contribution in [1.29, 1.82) is 0 Å². The first kappa shape index (κ1) is 22.8. The van der Waals surface area contributed by atoms with Crippen molar-refractivity contribution in [1.82, 2.24) is 19.7 Å². The molecule has 0 saturated carbocycles. The van der Waals surface area contributed by atoms with Gasteiger partial charge in [-0.1, -0.05) is 53.5 Å². The van der Waals surface area contributed by atoms with Crippen LogP contribution in [0.1, 0.15) is 40.5 Å². The van der Waals surface area contributed by atoms with Crippen LogP contribution in [0, 0.1) is 6.92 Å². The molecule has 6 nitrogen and oxygen atoms in total. The quantitative estimate of drug-likeness (QED) is 0.362. The molecule has 5 rings (SSSR count). The number of likely N-dealkylation sites (tertiary alicyclic amines) is 1. The average molecular weight is 494 g/mol. The number of hydrogen-bond acceptors (Lipinski definition) is 4. The molecule has 34 heavy (non-hydrogen) atoms. The average Bonchev–Trinajstić information content (AvgIpc) is 3.19. The monoisotopic (exact) mass is 493 g/mol. The molecule has 2 aromatic carbocycles. The lowest BCUT2D eigenvalue weighted by molar-refractivity contribution is 0.102. The Labute approximate surface area is 208 Å². The number of pyridine rings is 1. The van der Waals surface area contributed by atoms with Crippen molar-refractivity contribution in [3.05, 3.63) is 87.7 Å². The van der Waals surface area contributed by atoms with E-state index in [1.54, 1.807) is 24.3 Å². The summed E-state index contributed by atoms with van der Waals surface area (Å²) in [6.45, 7) is 4.87. The van der Waals surface area contributed by atoms with E-state index in [-0.39, 0.29) is 11.9 Å². The number of fused-ring (bicyclic) bond motifs is 1. The van der Waals surface area contributed by atoms with Crippen LogP contribution in [-0.2, 0) is 6.54 Å². The zero-order valence-electron chi connectivity index (χ0n) is 18.8. The van der Waals surface area contributed by atoms with Gasteiger partial charge in [-0.15, -0.1) is 0 Å². The van der Waals surface area contributed by atoms with Crippen LogP contribution in [-0.4, -0.2) is 38.7 Å². The number of piperidine rings is 1. The summed E-state index contributed by atoms with van der Waals surface area (Å²) in [7, 11) is 0. The highest BCUT2D eigenvalue weighted by atomic mass is 35.5. The first-order chi connectivity index (χ1) is 16.5. The summed E-state index contributed by atoms with van der Waals surface area (Å²) in [5.74, 6) is -0.317. The third-order valence-electron chi connectivity index (χ3n) is 6.33. The van der Waals surface area contributed by atoms with Crippen LogP contribution in [0.2, 0.25) is 10.0 Å². The number of carbonyl (C=O) groups excluding carboxylic acids is 1. The Bertz CT molecular complexity index is 1310. The Morgan fingerprint density at radius 1 is 1.06 bits per heavy atom. The molecule has 174 valence electrons. The van der Waals surface area contributed by atoms with Gasteiger partial charge in [0.05, 0.1) is 27.7 Å². The van der Waals surface area contributed by atoms with Crippen LogP contribution >= 0.6 is 23.2 Å². The lowest BCUT2D eigenvalue weighted by Gasteiger charge is -2.32. The van der Waals surface area contributed by atoms with Crippen molar-refractivity contribution in [2.75, 3.05) is 18.4 Å². The van der Waals surface area contributed by atoms with Gasteiger partial charge in [-0.25, -0.2) is 9.67 Å². The maximum atomic E-state index is 12.9. The van der Waals surface area contributed by atoms with Crippen molar-refractivity contribution < 1.29 is 4.79 Å². The SMILES string of the molecule is Cc1nn(C2CCN(Cc3ccccc3)CC2)c2ncc(C(=O)Nc3ccc(Cl)cc3)c(Cl)c12. The third-order valence-corrected chi connectivity index (χ3v) is 6.98. The molecule has 0 bridgehead atoms. The molecule has 0 radical (unpaired) electrons. The third kappa shape index (κ3) is 4.67. The minimum Gasteiger partial charge on any atom is -0.322 e. The number of carbonyl (C=O) groups is 1. The van der Waals surface area contributed by atoms with E-state index in [1.807, 2.05) is 17.7 Å². The minimum absolute atomic E-state index is 0.250. The number of aryl methyl sites for hydroxylation is 1. The molecule has 8 heteroatoms. The van der Waals surface area contributed by atoms with Gasteiger partial charge in [-0.05, 0) is 49.6 Å². The summed E-state index contributed by atoms with van der Waals surface area (Å²) in [6, 6.07) is 17.7. The van der Waals surface area contributed by atoms with Crippen LogP contribution in [0.4, 0.5) is 5.69 Å². The number of nitrogens with zero attached hydrogens (tertiary/aromatic N) is 4. The fraction of sp³-hybridized carbons (Fsp3) is 0.269. The number of benzene rings is 2. The molecule has 0 aliphatic carbocycles. The Morgan fingerprint density at radius 3 is 2.47 bits per heavy atom. The van der Waals surface area contributed by atoms with Crippen molar-refractivity contribution in [2.24, 2.45) is 0 Å². The van der Waals surface area contributed by atoms with E-state index in [0.717, 1.165) is 49.2 Å². The standard InChI is InChI=1S/C26H25Cl2N5O/c1-17-23-24(28)22(26(34)30-20-9-7-19(27)8-10-20)15-29-25(23)33(31-17)21-11-13-32(14-12-21)16-18-5-3-2-4-6-18/h2-10,15,21H,11-14,16H2,1H3,(H,30,34). The summed E-state index contributed by atoms with van der Waals surface area (Å²) in [5, 5.41) is 9.35. The number of rotatable bonds is 5. The Balaban J connectivity index is 1.33. The molecule has 3 heterocycles. The van der Waals surface area contributed by atoms with Gasteiger partial charge in [0.25, 0.3) is 5.91 Å². The van der Waals surface area contributed by atoms with Gasteiger partial charge in [0.1, 0.15) is 0 Å². The second kappa shape index (κ2) is 9.74. The smallest absolute Gasteiger partial charge is 0.258 e. The maximum Gasteiger partial charge on any atom is 0.258 e. The van der Waals surface area contributed by atoms with Crippen molar-refractivity contribution in [3.63, 3.8) is 0 Å². The predicted octanol–water partition coefficient (Wildman–Crippen LogP) is 6.14. The van der Waals surface area contributed by atoms with Crippen LogP contribution in [0.3, 0.4) is 0 Å². The van der Waals surface area contributed by atoms with Crippen LogP contribution < -0.4 is 5.32 Å². The summed E-state index contributed by atoms with van der Waals surface area (Å²) >= 11 is 12.6. The van der Waals surface area contributed by atoms with Gasteiger partial charge in [-0.3, -0.25) is 9.69 Å². The van der Waals surface area contributed by atoms with E-state index in [2.05, 4.69) is 39.5 Å². The van der Waals surface area contributed by atoms with Gasteiger partial charge in [0.2, 0.25) is 0 Å². The molecule has 1 saturated heterocycles. The molecule has 1 amide bonds. The van der Waals surface area contributed by atoms with Crippen LogP contribution in [0.5, 0.6) is 0 Å². The Morgan fingerprint density at radius 2 is 1.76 bits per heavy atom. The summed E-state index contributed by atoms with van der Waals surface area (Å²) in [4.78, 5) is 20.0. The largest absolute Gasteiger partial charge is 0.322 e. The van der Waals surface area contributed by atoms with Gasteiger partial charge in [0.15, 0.2) is 5.65 Å². The first-order valence-electron chi connectivity index (χ1n) is 11.4. The van der Waals surface area contributed by atoms with E-state index in [4.69, 9.17) is 28.3 Å². The highest BCUT2D eigenvalue weighted by Gasteiger charge is 2.26. The highest BCUT2D eigenvalue weighted by Crippen LogP contribution is 2.33. The summed E-state index contributed by atoms with van der Waals surface area (Å²) in [5.41, 5.74) is 3.80. The summed E-state index contributed by atoms with van der Waals surface area (Å²) < 4.78 is 2.00. The van der Waals surface area contributed by atoms with E-state index in [1.165, 1.54) is 11.8 Å².